The van der Waals surface area contributed by atoms with Gasteiger partial charge in [-0.3, -0.25) is 4.79 Å². The van der Waals surface area contributed by atoms with Crippen molar-refractivity contribution in [1.82, 2.24) is 0 Å². The van der Waals surface area contributed by atoms with Crippen LogP contribution in [-0.2, 0) is 0 Å². The molecule has 1 amide bonds. The van der Waals surface area contributed by atoms with Crippen molar-refractivity contribution in [3.05, 3.63) is 57.0 Å². The molecule has 2 aromatic rings. The number of nitrogens with two attached hydrogens (primary N) is 1. The molecule has 0 aromatic heterocycles. The zero-order chi connectivity index (χ0) is 15.6. The van der Waals surface area contributed by atoms with Crippen LogP contribution in [0.2, 0.25) is 5.02 Å². The largest absolute Gasteiger partial charge is 0.478 e. The fourth-order valence-corrected chi connectivity index (χ4v) is 2.14. The average molecular weight is 370 g/mol. The van der Waals surface area contributed by atoms with E-state index in [1.807, 2.05) is 0 Å². The van der Waals surface area contributed by atoms with Crippen molar-refractivity contribution in [1.29, 1.82) is 0 Å². The van der Waals surface area contributed by atoms with Gasteiger partial charge in [0.05, 0.1) is 22.0 Å². The summed E-state index contributed by atoms with van der Waals surface area (Å²) in [7, 11) is 0. The minimum Gasteiger partial charge on any atom is -0.478 e. The molecule has 0 radical (unpaired) electrons. The Bertz CT molecular complexity index is 734. The summed E-state index contributed by atoms with van der Waals surface area (Å²) in [4.78, 5) is 23.1. The minimum atomic E-state index is -1.08. The SMILES string of the molecule is Nc1ccc(C(=O)Nc2cc(C(=O)O)ccc2Br)cc1Cl. The number of hydrogen-bond donors (Lipinski definition) is 3. The van der Waals surface area contributed by atoms with Crippen molar-refractivity contribution in [2.45, 2.75) is 0 Å². The first kappa shape index (κ1) is 15.3. The normalized spacial score (nSPS) is 10.2. The highest BCUT2D eigenvalue weighted by Gasteiger charge is 2.12. The lowest BCUT2D eigenvalue weighted by Gasteiger charge is -2.09. The Morgan fingerprint density at radius 2 is 1.81 bits per heavy atom. The maximum Gasteiger partial charge on any atom is 0.335 e. The smallest absolute Gasteiger partial charge is 0.335 e. The van der Waals surface area contributed by atoms with Gasteiger partial charge in [0.25, 0.3) is 5.91 Å². The van der Waals surface area contributed by atoms with Crippen LogP contribution in [0.15, 0.2) is 40.9 Å². The van der Waals surface area contributed by atoms with Crippen molar-refractivity contribution in [2.75, 3.05) is 11.1 Å². The third kappa shape index (κ3) is 3.53. The zero-order valence-corrected chi connectivity index (χ0v) is 12.9. The Hall–Kier alpha value is -2.05. The molecule has 0 aliphatic rings. The number of nitrogens with one attached hydrogen (secondary N) is 1. The number of halogens is 2. The van der Waals surface area contributed by atoms with Crippen LogP contribution in [0.25, 0.3) is 0 Å². The van der Waals surface area contributed by atoms with Gasteiger partial charge in [0, 0.05) is 10.0 Å². The Morgan fingerprint density at radius 3 is 2.43 bits per heavy atom. The first-order valence-electron chi connectivity index (χ1n) is 5.77. The van der Waals surface area contributed by atoms with Gasteiger partial charge in [-0.05, 0) is 52.3 Å². The van der Waals surface area contributed by atoms with Crippen molar-refractivity contribution in [2.24, 2.45) is 0 Å². The van der Waals surface area contributed by atoms with E-state index in [2.05, 4.69) is 21.2 Å². The number of rotatable bonds is 3. The van der Waals surface area contributed by atoms with Gasteiger partial charge < -0.3 is 16.2 Å². The Kier molecular flexibility index (Phi) is 4.50. The van der Waals surface area contributed by atoms with E-state index in [9.17, 15) is 9.59 Å². The molecule has 4 N–H and O–H groups in total. The van der Waals surface area contributed by atoms with Gasteiger partial charge in [0.15, 0.2) is 0 Å². The van der Waals surface area contributed by atoms with Gasteiger partial charge in [0.2, 0.25) is 0 Å². The lowest BCUT2D eigenvalue weighted by Crippen LogP contribution is -2.13. The third-order valence-electron chi connectivity index (χ3n) is 2.72. The predicted octanol–water partition coefficient (Wildman–Crippen LogP) is 3.64. The summed E-state index contributed by atoms with van der Waals surface area (Å²) >= 11 is 9.12. The maximum absolute atomic E-state index is 12.1. The minimum absolute atomic E-state index is 0.0730. The second-order valence-corrected chi connectivity index (χ2v) is 5.45. The lowest BCUT2D eigenvalue weighted by molar-refractivity contribution is 0.0696. The number of aromatic carboxylic acids is 1. The van der Waals surface area contributed by atoms with Crippen LogP contribution in [-0.4, -0.2) is 17.0 Å². The molecule has 0 saturated carbocycles. The van der Waals surface area contributed by atoms with E-state index in [4.69, 9.17) is 22.4 Å². The number of amides is 1. The summed E-state index contributed by atoms with van der Waals surface area (Å²) < 4.78 is 0.572. The summed E-state index contributed by atoms with van der Waals surface area (Å²) in [6.07, 6.45) is 0. The average Bonchev–Trinajstić information content (AvgIpc) is 2.43. The number of carbonyl (C=O) groups excluding carboxylic acids is 1. The lowest BCUT2D eigenvalue weighted by atomic mass is 10.1. The Balaban J connectivity index is 2.28. The third-order valence-corrected chi connectivity index (χ3v) is 3.74. The fourth-order valence-electron chi connectivity index (χ4n) is 1.62. The van der Waals surface area contributed by atoms with Crippen LogP contribution >= 0.6 is 27.5 Å². The summed E-state index contributed by atoms with van der Waals surface area (Å²) in [6.45, 7) is 0. The van der Waals surface area contributed by atoms with Crippen LogP contribution in [0, 0.1) is 0 Å². The molecule has 0 spiro atoms. The molecule has 0 fully saturated rings. The molecule has 2 rings (SSSR count). The molecule has 0 atom stereocenters. The van der Waals surface area contributed by atoms with E-state index in [1.54, 1.807) is 6.07 Å². The molecule has 0 saturated heterocycles. The molecule has 0 aliphatic carbocycles. The topological polar surface area (TPSA) is 92.4 Å². The van der Waals surface area contributed by atoms with Crippen LogP contribution in [0.4, 0.5) is 11.4 Å². The van der Waals surface area contributed by atoms with E-state index in [0.717, 1.165) is 0 Å². The highest BCUT2D eigenvalue weighted by molar-refractivity contribution is 9.10. The molecule has 5 nitrogen and oxygen atoms in total. The van der Waals surface area contributed by atoms with E-state index >= 15 is 0 Å². The monoisotopic (exact) mass is 368 g/mol. The number of hydrogen-bond acceptors (Lipinski definition) is 3. The van der Waals surface area contributed by atoms with Crippen molar-refractivity contribution >= 4 is 50.8 Å². The molecule has 108 valence electrons. The fraction of sp³-hybridized carbons (Fsp3) is 0. The van der Waals surface area contributed by atoms with E-state index in [1.165, 1.54) is 30.3 Å². The molecule has 0 bridgehead atoms. The van der Waals surface area contributed by atoms with E-state index in [0.29, 0.717) is 21.4 Å². The second kappa shape index (κ2) is 6.15. The molecule has 0 aliphatic heterocycles. The van der Waals surface area contributed by atoms with Gasteiger partial charge >= 0.3 is 5.97 Å². The number of anilines is 2. The quantitative estimate of drug-likeness (QED) is 0.720. The standard InChI is InChI=1S/C14H10BrClN2O3/c15-9-3-1-8(14(20)21)6-12(9)18-13(19)7-2-4-11(17)10(16)5-7/h1-6H,17H2,(H,18,19)(H,20,21). The number of carboxylic acids is 1. The van der Waals surface area contributed by atoms with Gasteiger partial charge in [-0.25, -0.2) is 4.79 Å². The van der Waals surface area contributed by atoms with Crippen LogP contribution < -0.4 is 11.1 Å². The molecular formula is C14H10BrClN2O3. The molecule has 2 aromatic carbocycles. The number of benzene rings is 2. The Morgan fingerprint density at radius 1 is 1.14 bits per heavy atom. The Labute approximate surface area is 133 Å². The molecule has 0 unspecified atom stereocenters. The molecule has 7 heteroatoms. The molecule has 21 heavy (non-hydrogen) atoms. The van der Waals surface area contributed by atoms with Crippen molar-refractivity contribution < 1.29 is 14.7 Å². The van der Waals surface area contributed by atoms with Crippen LogP contribution in [0.5, 0.6) is 0 Å². The summed E-state index contributed by atoms with van der Waals surface area (Å²) in [5, 5.41) is 11.9. The van der Waals surface area contributed by atoms with Crippen molar-refractivity contribution in [3.8, 4) is 0 Å². The molecule has 0 heterocycles. The maximum atomic E-state index is 12.1. The van der Waals surface area contributed by atoms with E-state index in [-0.39, 0.29) is 10.6 Å². The number of nitrogen functional groups attached to an aromatic ring is 1. The predicted molar refractivity (Wildman–Crippen MR) is 84.9 cm³/mol. The molecular weight excluding hydrogens is 360 g/mol. The number of carboxylic acid groups (broad SMARTS) is 1. The summed E-state index contributed by atoms with van der Waals surface area (Å²) in [5.41, 5.74) is 6.71. The van der Waals surface area contributed by atoms with Gasteiger partial charge in [-0.1, -0.05) is 11.6 Å². The summed E-state index contributed by atoms with van der Waals surface area (Å²) in [6, 6.07) is 8.85. The van der Waals surface area contributed by atoms with Crippen molar-refractivity contribution in [3.63, 3.8) is 0 Å². The number of carbonyl (C=O) groups is 2. The zero-order valence-electron chi connectivity index (χ0n) is 10.6. The van der Waals surface area contributed by atoms with Crippen LogP contribution in [0.3, 0.4) is 0 Å². The van der Waals surface area contributed by atoms with Gasteiger partial charge in [-0.2, -0.15) is 0 Å². The first-order valence-corrected chi connectivity index (χ1v) is 6.95. The van der Waals surface area contributed by atoms with Gasteiger partial charge in [0.1, 0.15) is 0 Å². The van der Waals surface area contributed by atoms with Crippen LogP contribution in [0.1, 0.15) is 20.7 Å². The first-order chi connectivity index (χ1) is 9.88. The highest BCUT2D eigenvalue weighted by Crippen LogP contribution is 2.25. The van der Waals surface area contributed by atoms with Gasteiger partial charge in [-0.15, -0.1) is 0 Å². The van der Waals surface area contributed by atoms with E-state index < -0.39 is 11.9 Å². The summed E-state index contributed by atoms with van der Waals surface area (Å²) in [5.74, 6) is -1.49. The second-order valence-electron chi connectivity index (χ2n) is 4.19. The highest BCUT2D eigenvalue weighted by atomic mass is 79.9.